The van der Waals surface area contributed by atoms with Gasteiger partial charge in [-0.15, -0.1) is 0 Å². The summed E-state index contributed by atoms with van der Waals surface area (Å²) in [6.45, 7) is 0.239. The van der Waals surface area contributed by atoms with Crippen LogP contribution in [0, 0.1) is 5.82 Å². The smallest absolute Gasteiger partial charge is 0.331 e. The van der Waals surface area contributed by atoms with Gasteiger partial charge in [-0.05, 0) is 29.3 Å². The van der Waals surface area contributed by atoms with Crippen LogP contribution in [-0.2, 0) is 11.3 Å². The highest BCUT2D eigenvalue weighted by Gasteiger charge is 2.37. The number of fused-ring (bicyclic) bond motifs is 1. The van der Waals surface area contributed by atoms with E-state index < -0.39 is 17.8 Å². The van der Waals surface area contributed by atoms with Gasteiger partial charge < -0.3 is 10.0 Å². The minimum Gasteiger partial charge on any atom is -0.479 e. The molecule has 0 saturated carbocycles. The predicted octanol–water partition coefficient (Wildman–Crippen LogP) is 2.61. The zero-order valence-electron chi connectivity index (χ0n) is 11.0. The predicted molar refractivity (Wildman–Crippen MR) is 73.1 cm³/mol. The van der Waals surface area contributed by atoms with E-state index in [0.717, 1.165) is 5.56 Å². The number of hydrogen-bond donors (Lipinski definition) is 1. The number of amides is 1. The molecule has 1 heterocycles. The van der Waals surface area contributed by atoms with Gasteiger partial charge >= 0.3 is 5.97 Å². The van der Waals surface area contributed by atoms with Gasteiger partial charge in [0.05, 0.1) is 0 Å². The van der Waals surface area contributed by atoms with E-state index in [0.29, 0.717) is 11.1 Å². The van der Waals surface area contributed by atoms with Crippen molar-refractivity contribution < 1.29 is 19.1 Å². The van der Waals surface area contributed by atoms with Gasteiger partial charge in [-0.2, -0.15) is 0 Å². The second-order valence-electron chi connectivity index (χ2n) is 4.88. The lowest BCUT2D eigenvalue weighted by molar-refractivity contribution is -0.142. The molecule has 1 aliphatic rings. The van der Waals surface area contributed by atoms with Crippen LogP contribution < -0.4 is 0 Å². The number of nitrogens with zero attached hydrogens (tertiary/aromatic N) is 1. The number of carbonyl (C=O) groups excluding carboxylic acids is 1. The van der Waals surface area contributed by atoms with Crippen molar-refractivity contribution in [3.05, 3.63) is 71.0 Å². The maximum atomic E-state index is 13.0. The quantitative estimate of drug-likeness (QED) is 0.943. The van der Waals surface area contributed by atoms with Crippen molar-refractivity contribution in [1.82, 2.24) is 4.90 Å². The number of halogens is 1. The molecule has 1 N–H and O–H groups in total. The third-order valence-corrected chi connectivity index (χ3v) is 3.58. The Labute approximate surface area is 120 Å². The average Bonchev–Trinajstić information content (AvgIpc) is 2.79. The number of carboxylic acid groups (broad SMARTS) is 1. The molecule has 1 atom stereocenters. The lowest BCUT2D eigenvalue weighted by Crippen LogP contribution is -2.34. The first-order chi connectivity index (χ1) is 10.1. The average molecular weight is 285 g/mol. The monoisotopic (exact) mass is 285 g/mol. The molecular formula is C16H12FNO3. The zero-order valence-corrected chi connectivity index (χ0v) is 11.0. The third-order valence-electron chi connectivity index (χ3n) is 3.58. The molecule has 2 aromatic rings. The van der Waals surface area contributed by atoms with Crippen LogP contribution in [0.25, 0.3) is 0 Å². The van der Waals surface area contributed by atoms with E-state index >= 15 is 0 Å². The molecule has 0 fully saturated rings. The fourth-order valence-electron chi connectivity index (χ4n) is 2.59. The van der Waals surface area contributed by atoms with E-state index in [9.17, 15) is 19.1 Å². The Bertz CT molecular complexity index is 712. The molecule has 0 aromatic heterocycles. The third kappa shape index (κ3) is 2.27. The molecule has 0 aliphatic carbocycles. The first kappa shape index (κ1) is 13.3. The molecule has 0 spiro atoms. The SMILES string of the molecule is O=C(O)[C@@H](c1ccc(F)cc1)N1Cc2ccccc2C1=O. The molecule has 21 heavy (non-hydrogen) atoms. The molecule has 4 nitrogen and oxygen atoms in total. The van der Waals surface area contributed by atoms with E-state index in [4.69, 9.17) is 0 Å². The summed E-state index contributed by atoms with van der Waals surface area (Å²) in [7, 11) is 0. The molecule has 1 amide bonds. The lowest BCUT2D eigenvalue weighted by Gasteiger charge is -2.24. The Hall–Kier alpha value is -2.69. The Morgan fingerprint density at radius 3 is 2.43 bits per heavy atom. The Morgan fingerprint density at radius 2 is 1.81 bits per heavy atom. The normalized spacial score (nSPS) is 14.9. The molecule has 106 valence electrons. The van der Waals surface area contributed by atoms with Crippen molar-refractivity contribution >= 4 is 11.9 Å². The summed E-state index contributed by atoms with van der Waals surface area (Å²) in [5.41, 5.74) is 1.70. The molecule has 5 heteroatoms. The van der Waals surface area contributed by atoms with Gasteiger partial charge in [-0.25, -0.2) is 9.18 Å². The molecule has 0 radical (unpaired) electrons. The van der Waals surface area contributed by atoms with Crippen LogP contribution in [-0.4, -0.2) is 21.9 Å². The first-order valence-electron chi connectivity index (χ1n) is 6.45. The maximum Gasteiger partial charge on any atom is 0.331 e. The first-order valence-corrected chi connectivity index (χ1v) is 6.45. The van der Waals surface area contributed by atoms with Crippen LogP contribution >= 0.6 is 0 Å². The minimum absolute atomic E-state index is 0.239. The fraction of sp³-hybridized carbons (Fsp3) is 0.125. The number of carbonyl (C=O) groups is 2. The molecule has 3 rings (SSSR count). The highest BCUT2D eigenvalue weighted by atomic mass is 19.1. The molecule has 0 saturated heterocycles. The second kappa shape index (κ2) is 5.01. The van der Waals surface area contributed by atoms with Crippen LogP contribution in [0.4, 0.5) is 4.39 Å². The summed E-state index contributed by atoms with van der Waals surface area (Å²) < 4.78 is 13.0. The van der Waals surface area contributed by atoms with Gasteiger partial charge in [0.15, 0.2) is 6.04 Å². The number of benzene rings is 2. The molecule has 0 bridgehead atoms. The summed E-state index contributed by atoms with van der Waals surface area (Å²) in [6.07, 6.45) is 0. The zero-order chi connectivity index (χ0) is 15.0. The van der Waals surface area contributed by atoms with E-state index in [1.165, 1.54) is 29.2 Å². The maximum absolute atomic E-state index is 13.0. The van der Waals surface area contributed by atoms with Crippen LogP contribution in [0.2, 0.25) is 0 Å². The summed E-state index contributed by atoms with van der Waals surface area (Å²) in [4.78, 5) is 25.2. The van der Waals surface area contributed by atoms with E-state index in [1.807, 2.05) is 6.07 Å². The van der Waals surface area contributed by atoms with Crippen molar-refractivity contribution in [2.45, 2.75) is 12.6 Å². The van der Waals surface area contributed by atoms with Gasteiger partial charge in [-0.3, -0.25) is 4.79 Å². The van der Waals surface area contributed by atoms with Gasteiger partial charge in [0.25, 0.3) is 5.91 Å². The van der Waals surface area contributed by atoms with Crippen molar-refractivity contribution in [2.24, 2.45) is 0 Å². The van der Waals surface area contributed by atoms with E-state index in [-0.39, 0.29) is 12.5 Å². The van der Waals surface area contributed by atoms with Gasteiger partial charge in [-0.1, -0.05) is 30.3 Å². The van der Waals surface area contributed by atoms with Crippen molar-refractivity contribution in [1.29, 1.82) is 0 Å². The molecule has 1 aliphatic heterocycles. The number of aliphatic carboxylic acids is 1. The highest BCUT2D eigenvalue weighted by molar-refractivity contribution is 6.00. The standard InChI is InChI=1S/C16H12FNO3/c17-12-7-5-10(6-8-12)14(16(20)21)18-9-11-3-1-2-4-13(11)15(18)19/h1-8,14H,9H2,(H,20,21)/t14-/m1/s1. The highest BCUT2D eigenvalue weighted by Crippen LogP contribution is 2.31. The van der Waals surface area contributed by atoms with Crippen molar-refractivity contribution in [3.8, 4) is 0 Å². The topological polar surface area (TPSA) is 57.6 Å². The number of hydrogen-bond acceptors (Lipinski definition) is 2. The molecular weight excluding hydrogens is 273 g/mol. The summed E-state index contributed by atoms with van der Waals surface area (Å²) in [5, 5.41) is 9.47. The van der Waals surface area contributed by atoms with E-state index in [2.05, 4.69) is 0 Å². The van der Waals surface area contributed by atoms with Crippen LogP contribution in [0.15, 0.2) is 48.5 Å². The van der Waals surface area contributed by atoms with Gasteiger partial charge in [0, 0.05) is 12.1 Å². The Morgan fingerprint density at radius 1 is 1.14 bits per heavy atom. The van der Waals surface area contributed by atoms with E-state index in [1.54, 1.807) is 18.2 Å². The van der Waals surface area contributed by atoms with Gasteiger partial charge in [0.2, 0.25) is 0 Å². The van der Waals surface area contributed by atoms with Crippen LogP contribution in [0.5, 0.6) is 0 Å². The Balaban J connectivity index is 1.99. The van der Waals surface area contributed by atoms with Crippen molar-refractivity contribution in [3.63, 3.8) is 0 Å². The Kier molecular flexibility index (Phi) is 3.17. The second-order valence-corrected chi connectivity index (χ2v) is 4.88. The summed E-state index contributed by atoms with van der Waals surface area (Å²) in [6, 6.07) is 11.1. The van der Waals surface area contributed by atoms with Crippen LogP contribution in [0.3, 0.4) is 0 Å². The summed E-state index contributed by atoms with van der Waals surface area (Å²) >= 11 is 0. The van der Waals surface area contributed by atoms with Gasteiger partial charge in [0.1, 0.15) is 5.82 Å². The minimum atomic E-state index is -1.14. The fourth-order valence-corrected chi connectivity index (χ4v) is 2.59. The number of rotatable bonds is 3. The number of carboxylic acids is 1. The molecule has 0 unspecified atom stereocenters. The van der Waals surface area contributed by atoms with Crippen molar-refractivity contribution in [2.75, 3.05) is 0 Å². The largest absolute Gasteiger partial charge is 0.479 e. The summed E-state index contributed by atoms with van der Waals surface area (Å²) in [5.74, 6) is -1.90. The molecule has 2 aromatic carbocycles. The van der Waals surface area contributed by atoms with Crippen LogP contribution in [0.1, 0.15) is 27.5 Å². The lowest BCUT2D eigenvalue weighted by atomic mass is 10.1.